The molecule has 1 saturated carbocycles. The number of rotatable bonds is 7. The maximum atomic E-state index is 14.2. The number of fused-ring (bicyclic) bond motifs is 1. The van der Waals surface area contributed by atoms with Gasteiger partial charge in [-0.05, 0) is 91.9 Å². The van der Waals surface area contributed by atoms with Crippen molar-refractivity contribution >= 4 is 39.7 Å². The quantitative estimate of drug-likeness (QED) is 0.252. The fourth-order valence-corrected chi connectivity index (χ4v) is 5.24. The van der Waals surface area contributed by atoms with Gasteiger partial charge in [-0.1, -0.05) is 29.8 Å². The molecule has 1 saturated heterocycles. The van der Waals surface area contributed by atoms with Gasteiger partial charge in [0.1, 0.15) is 0 Å². The van der Waals surface area contributed by atoms with Gasteiger partial charge in [0.2, 0.25) is 0 Å². The zero-order valence-corrected chi connectivity index (χ0v) is 21.1. The average molecular weight is 516 g/mol. The number of benzene rings is 3. The van der Waals surface area contributed by atoms with E-state index in [1.165, 1.54) is 30.5 Å². The smallest absolute Gasteiger partial charge is 0.170 e. The first kappa shape index (κ1) is 23.9. The maximum Gasteiger partial charge on any atom is 0.170 e. The van der Waals surface area contributed by atoms with Crippen molar-refractivity contribution < 1.29 is 14.3 Å². The van der Waals surface area contributed by atoms with Gasteiger partial charge < -0.3 is 10.4 Å². The largest absolute Gasteiger partial charge is 0.504 e. The van der Waals surface area contributed by atoms with E-state index >= 15 is 0 Å². The summed E-state index contributed by atoms with van der Waals surface area (Å²) in [5.41, 5.74) is 5.34. The summed E-state index contributed by atoms with van der Waals surface area (Å²) in [7, 11) is 0. The molecule has 0 radical (unpaired) electrons. The number of anilines is 2. The van der Waals surface area contributed by atoms with Gasteiger partial charge in [0.15, 0.2) is 17.3 Å². The van der Waals surface area contributed by atoms with Gasteiger partial charge in [0.05, 0.1) is 21.8 Å². The van der Waals surface area contributed by atoms with E-state index in [1.807, 2.05) is 30.3 Å². The molecule has 0 amide bonds. The molecule has 3 aromatic carbocycles. The van der Waals surface area contributed by atoms with Gasteiger partial charge in [-0.15, -0.1) is 0 Å². The third-order valence-electron chi connectivity index (χ3n) is 7.26. The first-order valence-corrected chi connectivity index (χ1v) is 13.1. The van der Waals surface area contributed by atoms with Gasteiger partial charge >= 0.3 is 0 Å². The number of carbonyl (C=O) groups is 1. The van der Waals surface area contributed by atoms with Crippen LogP contribution in [0.4, 0.5) is 15.8 Å². The second-order valence-electron chi connectivity index (χ2n) is 10.0. The highest BCUT2D eigenvalue weighted by molar-refractivity contribution is 6.32. The first-order chi connectivity index (χ1) is 18.0. The number of nitrogens with one attached hydrogen (secondary N) is 1. The van der Waals surface area contributed by atoms with Crippen LogP contribution in [0.25, 0.3) is 22.0 Å². The Hall–Kier alpha value is -3.48. The summed E-state index contributed by atoms with van der Waals surface area (Å²) < 4.78 is 14.2. The molecule has 0 atom stereocenters. The van der Waals surface area contributed by atoms with Gasteiger partial charge in [-0.3, -0.25) is 14.7 Å². The molecule has 6 rings (SSSR count). The molecule has 0 spiro atoms. The Morgan fingerprint density at radius 3 is 2.51 bits per heavy atom. The Morgan fingerprint density at radius 1 is 1.05 bits per heavy atom. The van der Waals surface area contributed by atoms with E-state index in [2.05, 4.69) is 27.3 Å². The predicted molar refractivity (Wildman–Crippen MR) is 145 cm³/mol. The van der Waals surface area contributed by atoms with Gasteiger partial charge in [0, 0.05) is 29.7 Å². The molecule has 1 aromatic heterocycles. The number of nitrogens with zero attached hydrogens (tertiary/aromatic N) is 2. The van der Waals surface area contributed by atoms with Crippen LogP contribution < -0.4 is 5.32 Å². The number of aromatic hydroxyl groups is 1. The zero-order chi connectivity index (χ0) is 25.5. The van der Waals surface area contributed by atoms with Crippen molar-refractivity contribution in [2.45, 2.75) is 32.2 Å². The van der Waals surface area contributed by atoms with E-state index < -0.39 is 11.6 Å². The first-order valence-electron chi connectivity index (χ1n) is 12.7. The monoisotopic (exact) mass is 515 g/mol. The minimum Gasteiger partial charge on any atom is -0.504 e. The maximum absolute atomic E-state index is 14.2. The van der Waals surface area contributed by atoms with Crippen LogP contribution in [0.2, 0.25) is 5.02 Å². The Kier molecular flexibility index (Phi) is 6.31. The average Bonchev–Trinajstić information content (AvgIpc) is 3.64. The number of Topliss-reactive ketones (excluding diaryl/α,β-unsaturated/α-hetero) is 1. The minimum absolute atomic E-state index is 0.0378. The Labute approximate surface area is 219 Å². The lowest BCUT2D eigenvalue weighted by Gasteiger charge is -2.17. The van der Waals surface area contributed by atoms with Crippen LogP contribution in [0.15, 0.2) is 60.8 Å². The summed E-state index contributed by atoms with van der Waals surface area (Å²) in [6, 6.07) is 16.7. The zero-order valence-electron chi connectivity index (χ0n) is 20.3. The molecular weight excluding hydrogens is 489 g/mol. The van der Waals surface area contributed by atoms with Gasteiger partial charge in [0.25, 0.3) is 0 Å². The van der Waals surface area contributed by atoms with E-state index in [-0.39, 0.29) is 16.7 Å². The van der Waals surface area contributed by atoms with Crippen molar-refractivity contribution in [3.63, 3.8) is 0 Å². The standard InChI is InChI=1S/C30H27ClFN3O2/c31-25-14-21(15-26(32)30(25)37)20-7-10-27-23(13-20)28(24(16-33-27)29(36)19-5-6-19)34-22-8-3-18(4-9-22)17-35-11-1-2-12-35/h3-4,7-10,13-16,19,37H,1-2,5-6,11-12,17H2,(H,33,34). The lowest BCUT2D eigenvalue weighted by molar-refractivity contribution is 0.0968. The van der Waals surface area contributed by atoms with Crippen LogP contribution in [-0.2, 0) is 6.54 Å². The Morgan fingerprint density at radius 2 is 1.81 bits per heavy atom. The van der Waals surface area contributed by atoms with Crippen molar-refractivity contribution in [2.75, 3.05) is 18.4 Å². The van der Waals surface area contributed by atoms with E-state index in [0.717, 1.165) is 49.1 Å². The topological polar surface area (TPSA) is 65.5 Å². The lowest BCUT2D eigenvalue weighted by atomic mass is 9.98. The molecule has 0 unspecified atom stereocenters. The molecule has 7 heteroatoms. The van der Waals surface area contributed by atoms with E-state index in [0.29, 0.717) is 22.4 Å². The van der Waals surface area contributed by atoms with E-state index in [4.69, 9.17) is 11.6 Å². The van der Waals surface area contributed by atoms with Crippen LogP contribution in [0, 0.1) is 11.7 Å². The van der Waals surface area contributed by atoms with Crippen molar-refractivity contribution in [3.05, 3.63) is 82.8 Å². The van der Waals surface area contributed by atoms with Gasteiger partial charge in [-0.25, -0.2) is 4.39 Å². The van der Waals surface area contributed by atoms with E-state index in [9.17, 15) is 14.3 Å². The molecule has 2 fully saturated rings. The summed E-state index contributed by atoms with van der Waals surface area (Å²) in [6.07, 6.45) is 5.97. The number of carbonyl (C=O) groups excluding carboxylic acids is 1. The second-order valence-corrected chi connectivity index (χ2v) is 10.4. The molecule has 188 valence electrons. The molecule has 2 aliphatic rings. The number of phenols is 1. The molecule has 2 heterocycles. The van der Waals surface area contributed by atoms with Crippen LogP contribution in [0.1, 0.15) is 41.6 Å². The fourth-order valence-electron chi connectivity index (χ4n) is 5.03. The number of likely N-dealkylation sites (tertiary alicyclic amines) is 1. The minimum atomic E-state index is -0.786. The van der Waals surface area contributed by atoms with Crippen LogP contribution in [0.3, 0.4) is 0 Å². The number of hydrogen-bond donors (Lipinski definition) is 2. The molecule has 1 aliphatic carbocycles. The highest BCUT2D eigenvalue weighted by Gasteiger charge is 2.32. The number of phenolic OH excluding ortho intramolecular Hbond substituents is 1. The SMILES string of the molecule is O=C(c1cnc2ccc(-c3cc(F)c(O)c(Cl)c3)cc2c1Nc1ccc(CN2CCCC2)cc1)C1CC1. The van der Waals surface area contributed by atoms with Gasteiger partial charge in [-0.2, -0.15) is 0 Å². The summed E-state index contributed by atoms with van der Waals surface area (Å²) in [4.78, 5) is 20.2. The number of halogens is 2. The predicted octanol–water partition coefficient (Wildman–Crippen LogP) is 7.33. The third-order valence-corrected chi connectivity index (χ3v) is 7.55. The van der Waals surface area contributed by atoms with Crippen LogP contribution in [-0.4, -0.2) is 33.9 Å². The molecule has 1 aliphatic heterocycles. The Bertz CT molecular complexity index is 1470. The molecule has 0 bridgehead atoms. The molecule has 2 N–H and O–H groups in total. The number of ketones is 1. The number of pyridine rings is 1. The highest BCUT2D eigenvalue weighted by atomic mass is 35.5. The number of aromatic nitrogens is 1. The Balaban J connectivity index is 1.40. The van der Waals surface area contributed by atoms with Crippen molar-refractivity contribution in [1.29, 1.82) is 0 Å². The summed E-state index contributed by atoms with van der Waals surface area (Å²) in [6.45, 7) is 3.24. The summed E-state index contributed by atoms with van der Waals surface area (Å²) in [5.74, 6) is -1.23. The van der Waals surface area contributed by atoms with Crippen molar-refractivity contribution in [1.82, 2.24) is 9.88 Å². The molecular formula is C30H27ClFN3O2. The highest BCUT2D eigenvalue weighted by Crippen LogP contribution is 2.39. The van der Waals surface area contributed by atoms with E-state index in [1.54, 1.807) is 6.20 Å². The molecule has 5 nitrogen and oxygen atoms in total. The molecule has 4 aromatic rings. The third kappa shape index (κ3) is 4.91. The summed E-state index contributed by atoms with van der Waals surface area (Å²) >= 11 is 6.04. The summed E-state index contributed by atoms with van der Waals surface area (Å²) in [5, 5.41) is 13.9. The fraction of sp³-hybridized carbons (Fsp3) is 0.267. The molecule has 37 heavy (non-hydrogen) atoms. The van der Waals surface area contributed by atoms with Crippen LogP contribution in [0.5, 0.6) is 5.75 Å². The van der Waals surface area contributed by atoms with Crippen LogP contribution >= 0.6 is 11.6 Å². The van der Waals surface area contributed by atoms with Crippen molar-refractivity contribution in [3.8, 4) is 16.9 Å². The lowest BCUT2D eigenvalue weighted by Crippen LogP contribution is -2.18. The van der Waals surface area contributed by atoms with Crippen molar-refractivity contribution in [2.24, 2.45) is 5.92 Å². The normalized spacial score (nSPS) is 15.8. The second kappa shape index (κ2) is 9.77. The number of hydrogen-bond acceptors (Lipinski definition) is 5.